The monoisotopic (exact) mass is 357 g/mol. The van der Waals surface area contributed by atoms with Gasteiger partial charge in [-0.05, 0) is 49.6 Å². The molecule has 0 fully saturated rings. The van der Waals surface area contributed by atoms with Gasteiger partial charge in [-0.25, -0.2) is 4.98 Å². The minimum Gasteiger partial charge on any atom is -0.493 e. The molecule has 1 unspecified atom stereocenters. The molecule has 0 radical (unpaired) electrons. The molecule has 0 aliphatic heterocycles. The van der Waals surface area contributed by atoms with Crippen LogP contribution in [0.3, 0.4) is 0 Å². The fourth-order valence-corrected chi connectivity index (χ4v) is 2.41. The molecule has 26 heavy (non-hydrogen) atoms. The van der Waals surface area contributed by atoms with E-state index in [1.165, 1.54) is 0 Å². The van der Waals surface area contributed by atoms with E-state index < -0.39 is 0 Å². The average Bonchev–Trinajstić information content (AvgIpc) is 2.68. The van der Waals surface area contributed by atoms with E-state index in [1.54, 1.807) is 26.5 Å². The molecule has 6 heteroatoms. The molecule has 1 aromatic carbocycles. The predicted molar refractivity (Wildman–Crippen MR) is 103 cm³/mol. The van der Waals surface area contributed by atoms with Crippen LogP contribution < -0.4 is 20.1 Å². The van der Waals surface area contributed by atoms with Gasteiger partial charge in [0.15, 0.2) is 11.5 Å². The first-order chi connectivity index (χ1) is 12.6. The van der Waals surface area contributed by atoms with Crippen molar-refractivity contribution >= 4 is 11.7 Å². The zero-order valence-corrected chi connectivity index (χ0v) is 15.8. The van der Waals surface area contributed by atoms with Crippen molar-refractivity contribution in [3.05, 3.63) is 47.7 Å². The van der Waals surface area contributed by atoms with Gasteiger partial charge in [-0.2, -0.15) is 0 Å². The number of ether oxygens (including phenoxy) is 2. The van der Waals surface area contributed by atoms with Crippen LogP contribution in [0.5, 0.6) is 11.5 Å². The Kier molecular flexibility index (Phi) is 7.26. The quantitative estimate of drug-likeness (QED) is 0.720. The maximum Gasteiger partial charge on any atom is 0.253 e. The largest absolute Gasteiger partial charge is 0.493 e. The van der Waals surface area contributed by atoms with E-state index in [9.17, 15) is 4.79 Å². The molecule has 0 aliphatic carbocycles. The summed E-state index contributed by atoms with van der Waals surface area (Å²) >= 11 is 0. The number of benzene rings is 1. The second-order valence-electron chi connectivity index (χ2n) is 6.08. The van der Waals surface area contributed by atoms with Crippen LogP contribution in [0.15, 0.2) is 36.5 Å². The molecule has 0 saturated heterocycles. The van der Waals surface area contributed by atoms with Crippen molar-refractivity contribution in [2.45, 2.75) is 32.7 Å². The number of pyridine rings is 1. The van der Waals surface area contributed by atoms with E-state index in [0.29, 0.717) is 5.56 Å². The van der Waals surface area contributed by atoms with Crippen LogP contribution in [0.1, 0.15) is 36.2 Å². The Balaban J connectivity index is 1.87. The van der Waals surface area contributed by atoms with Gasteiger partial charge in [-0.3, -0.25) is 4.79 Å². The number of carbonyl (C=O) groups excluding carboxylic acids is 1. The smallest absolute Gasteiger partial charge is 0.253 e. The van der Waals surface area contributed by atoms with Crippen LogP contribution in [-0.2, 0) is 6.42 Å². The maximum absolute atomic E-state index is 12.0. The molecule has 0 aliphatic rings. The lowest BCUT2D eigenvalue weighted by Gasteiger charge is -2.12. The van der Waals surface area contributed by atoms with Crippen LogP contribution in [0.4, 0.5) is 5.82 Å². The highest BCUT2D eigenvalue weighted by Gasteiger charge is 2.09. The van der Waals surface area contributed by atoms with Gasteiger partial charge in [-0.15, -0.1) is 0 Å². The van der Waals surface area contributed by atoms with Crippen LogP contribution in [0.2, 0.25) is 0 Å². The second-order valence-corrected chi connectivity index (χ2v) is 6.08. The summed E-state index contributed by atoms with van der Waals surface area (Å²) in [6, 6.07) is 9.64. The van der Waals surface area contributed by atoms with Gasteiger partial charge in [-0.1, -0.05) is 13.0 Å². The highest BCUT2D eigenvalue weighted by Crippen LogP contribution is 2.27. The Labute approximate surface area is 154 Å². The second kappa shape index (κ2) is 9.65. The van der Waals surface area contributed by atoms with Crippen LogP contribution >= 0.6 is 0 Å². The average molecular weight is 357 g/mol. The lowest BCUT2D eigenvalue weighted by molar-refractivity contribution is 0.0939. The predicted octanol–water partition coefficient (Wildman–Crippen LogP) is 3.28. The van der Waals surface area contributed by atoms with Crippen molar-refractivity contribution < 1.29 is 14.3 Å². The fraction of sp³-hybridized carbons (Fsp3) is 0.400. The maximum atomic E-state index is 12.0. The molecule has 0 saturated carbocycles. The molecule has 1 atom stereocenters. The van der Waals surface area contributed by atoms with Gasteiger partial charge in [0.2, 0.25) is 0 Å². The summed E-state index contributed by atoms with van der Waals surface area (Å²) in [5.74, 6) is 2.09. The van der Waals surface area contributed by atoms with Crippen molar-refractivity contribution in [3.8, 4) is 11.5 Å². The summed E-state index contributed by atoms with van der Waals surface area (Å²) in [5, 5.41) is 6.19. The minimum atomic E-state index is -0.0938. The highest BCUT2D eigenvalue weighted by molar-refractivity contribution is 5.94. The molecule has 140 valence electrons. The number of hydrogen-bond acceptors (Lipinski definition) is 5. The Bertz CT molecular complexity index is 717. The molecule has 6 nitrogen and oxygen atoms in total. The lowest BCUT2D eigenvalue weighted by atomic mass is 10.1. The normalized spacial score (nSPS) is 11.5. The van der Waals surface area contributed by atoms with Crippen molar-refractivity contribution in [2.24, 2.45) is 0 Å². The number of anilines is 1. The Morgan fingerprint density at radius 1 is 1.15 bits per heavy atom. The van der Waals surface area contributed by atoms with Gasteiger partial charge in [0.25, 0.3) is 5.91 Å². The molecule has 2 aromatic rings. The first-order valence-corrected chi connectivity index (χ1v) is 8.79. The van der Waals surface area contributed by atoms with Crippen LogP contribution in [0.25, 0.3) is 0 Å². The van der Waals surface area contributed by atoms with Crippen molar-refractivity contribution in [1.82, 2.24) is 10.3 Å². The Morgan fingerprint density at radius 3 is 2.54 bits per heavy atom. The van der Waals surface area contributed by atoms with E-state index >= 15 is 0 Å². The number of nitrogens with one attached hydrogen (secondary N) is 2. The summed E-state index contributed by atoms with van der Waals surface area (Å²) in [5.41, 5.74) is 1.70. The zero-order valence-electron chi connectivity index (χ0n) is 15.8. The first kappa shape index (κ1) is 19.6. The van der Waals surface area contributed by atoms with Gasteiger partial charge >= 0.3 is 0 Å². The molecule has 1 aromatic heterocycles. The van der Waals surface area contributed by atoms with E-state index in [-0.39, 0.29) is 11.9 Å². The SMILES string of the molecule is CCC(C)NC(=O)c1ccc(NCCc2ccc(OC)c(OC)c2)nc1. The molecule has 0 spiro atoms. The number of rotatable bonds is 9. The first-order valence-electron chi connectivity index (χ1n) is 8.79. The topological polar surface area (TPSA) is 72.5 Å². The number of amides is 1. The molecule has 2 N–H and O–H groups in total. The van der Waals surface area contributed by atoms with Gasteiger partial charge < -0.3 is 20.1 Å². The Morgan fingerprint density at radius 2 is 1.92 bits per heavy atom. The van der Waals surface area contributed by atoms with Crippen molar-refractivity contribution in [2.75, 3.05) is 26.1 Å². The fourth-order valence-electron chi connectivity index (χ4n) is 2.41. The number of methoxy groups -OCH3 is 2. The molecule has 2 rings (SSSR count). The summed E-state index contributed by atoms with van der Waals surface area (Å²) in [6.45, 7) is 4.74. The molecular formula is C20H27N3O3. The number of carbonyl (C=O) groups is 1. The van der Waals surface area contributed by atoms with Crippen LogP contribution in [-0.4, -0.2) is 37.7 Å². The van der Waals surface area contributed by atoms with E-state index in [1.807, 2.05) is 38.1 Å². The summed E-state index contributed by atoms with van der Waals surface area (Å²) in [4.78, 5) is 16.4. The Hall–Kier alpha value is -2.76. The van der Waals surface area contributed by atoms with E-state index in [4.69, 9.17) is 9.47 Å². The van der Waals surface area contributed by atoms with Gasteiger partial charge in [0.1, 0.15) is 5.82 Å². The molecule has 1 amide bonds. The lowest BCUT2D eigenvalue weighted by Crippen LogP contribution is -2.31. The van der Waals surface area contributed by atoms with Crippen molar-refractivity contribution in [3.63, 3.8) is 0 Å². The number of hydrogen-bond donors (Lipinski definition) is 2. The minimum absolute atomic E-state index is 0.0938. The number of aromatic nitrogens is 1. The standard InChI is InChI=1S/C20H27N3O3/c1-5-14(2)23-20(24)16-7-9-19(22-13-16)21-11-10-15-6-8-17(25-3)18(12-15)26-4/h6-9,12-14H,5,10-11H2,1-4H3,(H,21,22)(H,23,24). The van der Waals surface area contributed by atoms with E-state index in [0.717, 1.165) is 42.3 Å². The summed E-state index contributed by atoms with van der Waals surface area (Å²) in [6.07, 6.45) is 3.31. The number of nitrogens with zero attached hydrogens (tertiary/aromatic N) is 1. The molecular weight excluding hydrogens is 330 g/mol. The third-order valence-corrected chi connectivity index (χ3v) is 4.18. The third-order valence-electron chi connectivity index (χ3n) is 4.18. The summed E-state index contributed by atoms with van der Waals surface area (Å²) in [7, 11) is 3.25. The molecule has 0 bridgehead atoms. The summed E-state index contributed by atoms with van der Waals surface area (Å²) < 4.78 is 10.6. The highest BCUT2D eigenvalue weighted by atomic mass is 16.5. The van der Waals surface area contributed by atoms with E-state index in [2.05, 4.69) is 15.6 Å². The van der Waals surface area contributed by atoms with Crippen molar-refractivity contribution in [1.29, 1.82) is 0 Å². The van der Waals surface area contributed by atoms with Gasteiger partial charge in [0, 0.05) is 18.8 Å². The van der Waals surface area contributed by atoms with Gasteiger partial charge in [0.05, 0.1) is 19.8 Å². The molecule has 1 heterocycles. The third kappa shape index (κ3) is 5.37. The zero-order chi connectivity index (χ0) is 18.9. The van der Waals surface area contributed by atoms with Crippen LogP contribution in [0, 0.1) is 0 Å².